The summed E-state index contributed by atoms with van der Waals surface area (Å²) in [6.07, 6.45) is 4.80. The standard InChI is InChI=1S/C13H22ClN3O/c1-3-7-12-15-11(14)10-13(16-12)17(2)8-5-4-6-9-18/h10,18H,3-9H2,1-2H3. The Morgan fingerprint density at radius 1 is 1.28 bits per heavy atom. The number of halogens is 1. The fourth-order valence-corrected chi connectivity index (χ4v) is 1.93. The number of anilines is 1. The molecule has 4 nitrogen and oxygen atoms in total. The van der Waals surface area contributed by atoms with Gasteiger partial charge in [-0.1, -0.05) is 18.5 Å². The van der Waals surface area contributed by atoms with Crippen molar-refractivity contribution in [1.29, 1.82) is 0 Å². The zero-order valence-corrected chi connectivity index (χ0v) is 11.9. The van der Waals surface area contributed by atoms with E-state index in [1.165, 1.54) is 0 Å². The average Bonchev–Trinajstić information content (AvgIpc) is 2.34. The van der Waals surface area contributed by atoms with Gasteiger partial charge in [-0.25, -0.2) is 9.97 Å². The van der Waals surface area contributed by atoms with E-state index in [4.69, 9.17) is 16.7 Å². The van der Waals surface area contributed by atoms with Crippen LogP contribution in [0.25, 0.3) is 0 Å². The number of rotatable bonds is 8. The number of hydrogen-bond acceptors (Lipinski definition) is 4. The number of aromatic nitrogens is 2. The first-order valence-electron chi connectivity index (χ1n) is 6.52. The van der Waals surface area contributed by atoms with Crippen LogP contribution >= 0.6 is 11.6 Å². The van der Waals surface area contributed by atoms with Crippen molar-refractivity contribution in [3.8, 4) is 0 Å². The highest BCUT2D eigenvalue weighted by Gasteiger charge is 2.07. The second-order valence-electron chi connectivity index (χ2n) is 4.42. The smallest absolute Gasteiger partial charge is 0.134 e. The Morgan fingerprint density at radius 2 is 2.06 bits per heavy atom. The van der Waals surface area contributed by atoms with Crippen LogP contribution < -0.4 is 4.90 Å². The Morgan fingerprint density at radius 3 is 2.72 bits per heavy atom. The molecule has 0 atom stereocenters. The molecule has 0 spiro atoms. The fraction of sp³-hybridized carbons (Fsp3) is 0.692. The Hall–Kier alpha value is -0.870. The summed E-state index contributed by atoms with van der Waals surface area (Å²) in [6.45, 7) is 3.28. The molecule has 0 aliphatic rings. The molecule has 0 fully saturated rings. The van der Waals surface area contributed by atoms with Crippen molar-refractivity contribution in [2.24, 2.45) is 0 Å². The summed E-state index contributed by atoms with van der Waals surface area (Å²) in [4.78, 5) is 10.8. The van der Waals surface area contributed by atoms with Gasteiger partial charge in [-0.2, -0.15) is 0 Å². The summed E-state index contributed by atoms with van der Waals surface area (Å²) in [6, 6.07) is 1.80. The third-order valence-electron chi connectivity index (χ3n) is 2.74. The number of unbranched alkanes of at least 4 members (excludes halogenated alkanes) is 2. The summed E-state index contributed by atoms with van der Waals surface area (Å²) < 4.78 is 0. The Bertz CT molecular complexity index is 360. The monoisotopic (exact) mass is 271 g/mol. The molecule has 1 aromatic heterocycles. The SMILES string of the molecule is CCCc1nc(Cl)cc(N(C)CCCCCO)n1. The molecule has 1 heterocycles. The van der Waals surface area contributed by atoms with E-state index in [1.54, 1.807) is 6.07 Å². The number of aryl methyl sites for hydroxylation is 1. The maximum atomic E-state index is 8.73. The van der Waals surface area contributed by atoms with Crippen molar-refractivity contribution in [3.05, 3.63) is 17.0 Å². The Labute approximate surface area is 114 Å². The van der Waals surface area contributed by atoms with E-state index in [2.05, 4.69) is 21.8 Å². The quantitative estimate of drug-likeness (QED) is 0.583. The van der Waals surface area contributed by atoms with E-state index < -0.39 is 0 Å². The van der Waals surface area contributed by atoms with Gasteiger partial charge in [0.15, 0.2) is 0 Å². The van der Waals surface area contributed by atoms with Crippen molar-refractivity contribution in [1.82, 2.24) is 9.97 Å². The first kappa shape index (κ1) is 15.2. The number of hydrogen-bond donors (Lipinski definition) is 1. The molecular weight excluding hydrogens is 250 g/mol. The van der Waals surface area contributed by atoms with Gasteiger partial charge in [-0.3, -0.25) is 0 Å². The third kappa shape index (κ3) is 5.19. The molecular formula is C13H22ClN3O. The van der Waals surface area contributed by atoms with Crippen LogP contribution in [0.2, 0.25) is 5.15 Å². The first-order valence-corrected chi connectivity index (χ1v) is 6.90. The lowest BCUT2D eigenvalue weighted by Crippen LogP contribution is -2.20. The zero-order chi connectivity index (χ0) is 13.4. The number of aliphatic hydroxyl groups is 1. The molecule has 1 rings (SSSR count). The Balaban J connectivity index is 2.58. The minimum Gasteiger partial charge on any atom is -0.396 e. The van der Waals surface area contributed by atoms with E-state index in [1.807, 2.05) is 7.05 Å². The topological polar surface area (TPSA) is 49.2 Å². The second-order valence-corrected chi connectivity index (χ2v) is 4.81. The first-order chi connectivity index (χ1) is 8.67. The van der Waals surface area contributed by atoms with E-state index in [0.717, 1.165) is 50.3 Å². The second kappa shape index (κ2) is 8.27. The van der Waals surface area contributed by atoms with Crippen molar-refractivity contribution in [3.63, 3.8) is 0 Å². The molecule has 102 valence electrons. The van der Waals surface area contributed by atoms with Crippen LogP contribution in [-0.2, 0) is 6.42 Å². The highest BCUT2D eigenvalue weighted by atomic mass is 35.5. The minimum atomic E-state index is 0.268. The third-order valence-corrected chi connectivity index (χ3v) is 2.94. The highest BCUT2D eigenvalue weighted by molar-refractivity contribution is 6.29. The lowest BCUT2D eigenvalue weighted by Gasteiger charge is -2.18. The molecule has 0 saturated carbocycles. The van der Waals surface area contributed by atoms with Crippen LogP contribution in [0.4, 0.5) is 5.82 Å². The van der Waals surface area contributed by atoms with Crippen LogP contribution in [0, 0.1) is 0 Å². The van der Waals surface area contributed by atoms with Crippen LogP contribution in [-0.4, -0.2) is 35.3 Å². The molecule has 18 heavy (non-hydrogen) atoms. The summed E-state index contributed by atoms with van der Waals surface area (Å²) in [5.74, 6) is 1.68. The number of nitrogens with zero attached hydrogens (tertiary/aromatic N) is 3. The van der Waals surface area contributed by atoms with Gasteiger partial charge in [0, 0.05) is 32.7 Å². The molecule has 0 aromatic carbocycles. The van der Waals surface area contributed by atoms with E-state index in [9.17, 15) is 0 Å². The van der Waals surface area contributed by atoms with Crippen LogP contribution in [0.15, 0.2) is 6.07 Å². The van der Waals surface area contributed by atoms with Crippen molar-refractivity contribution in [2.45, 2.75) is 39.0 Å². The largest absolute Gasteiger partial charge is 0.396 e. The molecule has 0 saturated heterocycles. The predicted molar refractivity (Wildman–Crippen MR) is 75.2 cm³/mol. The zero-order valence-electron chi connectivity index (χ0n) is 11.2. The van der Waals surface area contributed by atoms with Gasteiger partial charge in [-0.05, 0) is 25.7 Å². The molecule has 5 heteroatoms. The molecule has 0 unspecified atom stereocenters. The average molecular weight is 272 g/mol. The van der Waals surface area contributed by atoms with Gasteiger partial charge in [0.1, 0.15) is 16.8 Å². The lowest BCUT2D eigenvalue weighted by molar-refractivity contribution is 0.283. The van der Waals surface area contributed by atoms with Gasteiger partial charge in [0.05, 0.1) is 0 Å². The summed E-state index contributed by atoms with van der Waals surface area (Å²) in [5, 5.41) is 9.23. The maximum Gasteiger partial charge on any atom is 0.134 e. The summed E-state index contributed by atoms with van der Waals surface area (Å²) >= 11 is 6.00. The van der Waals surface area contributed by atoms with Gasteiger partial charge in [-0.15, -0.1) is 0 Å². The highest BCUT2D eigenvalue weighted by Crippen LogP contribution is 2.16. The van der Waals surface area contributed by atoms with Gasteiger partial charge in [0.2, 0.25) is 0 Å². The molecule has 1 N–H and O–H groups in total. The molecule has 1 aromatic rings. The summed E-state index contributed by atoms with van der Waals surface area (Å²) in [5.41, 5.74) is 0. The van der Waals surface area contributed by atoms with Crippen LogP contribution in [0.5, 0.6) is 0 Å². The predicted octanol–water partition coefficient (Wildman–Crippen LogP) is 2.68. The van der Waals surface area contributed by atoms with Crippen molar-refractivity contribution < 1.29 is 5.11 Å². The molecule has 0 aliphatic heterocycles. The van der Waals surface area contributed by atoms with E-state index in [0.29, 0.717) is 5.15 Å². The van der Waals surface area contributed by atoms with Crippen molar-refractivity contribution >= 4 is 17.4 Å². The molecule has 0 amide bonds. The number of aliphatic hydroxyl groups excluding tert-OH is 1. The lowest BCUT2D eigenvalue weighted by atomic mass is 10.2. The molecule has 0 radical (unpaired) electrons. The van der Waals surface area contributed by atoms with Gasteiger partial charge in [0.25, 0.3) is 0 Å². The normalized spacial score (nSPS) is 10.7. The van der Waals surface area contributed by atoms with Gasteiger partial charge < -0.3 is 10.0 Å². The molecule has 0 aliphatic carbocycles. The summed E-state index contributed by atoms with van der Waals surface area (Å²) in [7, 11) is 2.01. The Kier molecular flexibility index (Phi) is 6.98. The minimum absolute atomic E-state index is 0.268. The van der Waals surface area contributed by atoms with E-state index in [-0.39, 0.29) is 6.61 Å². The van der Waals surface area contributed by atoms with E-state index >= 15 is 0 Å². The maximum absolute atomic E-state index is 8.73. The molecule has 0 bridgehead atoms. The van der Waals surface area contributed by atoms with Crippen molar-refractivity contribution in [2.75, 3.05) is 25.1 Å². The fourth-order valence-electron chi connectivity index (χ4n) is 1.73. The van der Waals surface area contributed by atoms with Crippen LogP contribution in [0.1, 0.15) is 38.4 Å². The van der Waals surface area contributed by atoms with Gasteiger partial charge >= 0.3 is 0 Å². The van der Waals surface area contributed by atoms with Crippen LogP contribution in [0.3, 0.4) is 0 Å².